The van der Waals surface area contributed by atoms with Gasteiger partial charge in [-0.2, -0.15) is 0 Å². The summed E-state index contributed by atoms with van der Waals surface area (Å²) in [4.78, 5) is 0. The second kappa shape index (κ2) is 6.39. The van der Waals surface area contributed by atoms with Crippen LogP contribution in [-0.2, 0) is 0 Å². The summed E-state index contributed by atoms with van der Waals surface area (Å²) in [6.07, 6.45) is 9.15. The first-order valence-electron chi connectivity index (χ1n) is 5.67. The summed E-state index contributed by atoms with van der Waals surface area (Å²) in [5.74, 6) is 1.46. The molecule has 13 heavy (non-hydrogen) atoms. The molecule has 0 spiro atoms. The number of hydrogen-bond donors (Lipinski definition) is 2. The van der Waals surface area contributed by atoms with E-state index in [4.69, 9.17) is 10.8 Å². The largest absolute Gasteiger partial charge is 0.396 e. The van der Waals surface area contributed by atoms with E-state index < -0.39 is 0 Å². The summed E-state index contributed by atoms with van der Waals surface area (Å²) in [6, 6.07) is 0. The van der Waals surface area contributed by atoms with E-state index in [9.17, 15) is 0 Å². The van der Waals surface area contributed by atoms with Crippen molar-refractivity contribution < 1.29 is 5.11 Å². The maximum absolute atomic E-state index is 8.84. The molecule has 1 atom stereocenters. The highest BCUT2D eigenvalue weighted by molar-refractivity contribution is 4.70. The Balaban J connectivity index is 2.18. The number of nitrogens with two attached hydrogens (primary N) is 1. The number of rotatable bonds is 5. The molecule has 0 aromatic heterocycles. The predicted molar refractivity (Wildman–Crippen MR) is 55.4 cm³/mol. The summed E-state index contributed by atoms with van der Waals surface area (Å²) in [5, 5.41) is 8.84. The molecular formula is C11H23NO. The van der Waals surface area contributed by atoms with Gasteiger partial charge in [-0.25, -0.2) is 0 Å². The van der Waals surface area contributed by atoms with Crippen molar-refractivity contribution in [1.29, 1.82) is 0 Å². The van der Waals surface area contributed by atoms with Gasteiger partial charge in [0.05, 0.1) is 0 Å². The monoisotopic (exact) mass is 185 g/mol. The van der Waals surface area contributed by atoms with Crippen LogP contribution in [0.25, 0.3) is 0 Å². The average Bonchev–Trinajstić information content (AvgIpc) is 2.19. The molecule has 0 saturated heterocycles. The Labute approximate surface area is 81.5 Å². The molecule has 0 aromatic carbocycles. The van der Waals surface area contributed by atoms with Gasteiger partial charge in [-0.3, -0.25) is 0 Å². The van der Waals surface area contributed by atoms with Crippen LogP contribution in [0.15, 0.2) is 0 Å². The third kappa shape index (κ3) is 4.10. The molecule has 0 amide bonds. The smallest absolute Gasteiger partial charge is 0.0434 e. The Morgan fingerprint density at radius 2 is 1.92 bits per heavy atom. The molecule has 1 saturated carbocycles. The second-order valence-electron chi connectivity index (χ2n) is 4.35. The fraction of sp³-hybridized carbons (Fsp3) is 1.00. The second-order valence-corrected chi connectivity index (χ2v) is 4.35. The molecule has 0 radical (unpaired) electrons. The predicted octanol–water partition coefficient (Wildman–Crippen LogP) is 1.91. The topological polar surface area (TPSA) is 46.2 Å². The molecule has 2 nitrogen and oxygen atoms in total. The fourth-order valence-corrected chi connectivity index (χ4v) is 2.41. The zero-order valence-electron chi connectivity index (χ0n) is 8.54. The normalized spacial score (nSPS) is 21.7. The molecular weight excluding hydrogens is 162 g/mol. The summed E-state index contributed by atoms with van der Waals surface area (Å²) >= 11 is 0. The summed E-state index contributed by atoms with van der Waals surface area (Å²) in [6.45, 7) is 1.05. The number of aliphatic hydroxyl groups is 1. The van der Waals surface area contributed by atoms with Crippen LogP contribution in [-0.4, -0.2) is 18.3 Å². The Morgan fingerprint density at radius 3 is 2.46 bits per heavy atom. The Bertz CT molecular complexity index is 119. The minimum Gasteiger partial charge on any atom is -0.396 e. The standard InChI is InChI=1S/C11H23NO/c12-9-11(6-7-13)8-10-4-2-1-3-5-10/h10-11,13H,1-9,12H2. The third-order valence-electron chi connectivity index (χ3n) is 3.26. The van der Waals surface area contributed by atoms with Crippen LogP contribution in [0.3, 0.4) is 0 Å². The van der Waals surface area contributed by atoms with E-state index in [1.807, 2.05) is 0 Å². The molecule has 0 aliphatic heterocycles. The minimum absolute atomic E-state index is 0.300. The van der Waals surface area contributed by atoms with E-state index in [2.05, 4.69) is 0 Å². The van der Waals surface area contributed by atoms with E-state index in [-0.39, 0.29) is 0 Å². The highest BCUT2D eigenvalue weighted by Crippen LogP contribution is 2.29. The zero-order valence-corrected chi connectivity index (χ0v) is 8.54. The van der Waals surface area contributed by atoms with Gasteiger partial charge in [0.25, 0.3) is 0 Å². The lowest BCUT2D eigenvalue weighted by Crippen LogP contribution is -2.20. The van der Waals surface area contributed by atoms with E-state index in [0.29, 0.717) is 12.5 Å². The van der Waals surface area contributed by atoms with Crippen molar-refractivity contribution in [1.82, 2.24) is 0 Å². The summed E-state index contributed by atoms with van der Waals surface area (Å²) in [5.41, 5.74) is 5.66. The molecule has 0 aromatic rings. The lowest BCUT2D eigenvalue weighted by Gasteiger charge is -2.25. The molecule has 2 heteroatoms. The van der Waals surface area contributed by atoms with Crippen molar-refractivity contribution in [2.24, 2.45) is 17.6 Å². The van der Waals surface area contributed by atoms with Crippen molar-refractivity contribution in [3.63, 3.8) is 0 Å². The minimum atomic E-state index is 0.300. The Hall–Kier alpha value is -0.0800. The lowest BCUT2D eigenvalue weighted by molar-refractivity contribution is 0.224. The molecule has 1 aliphatic rings. The fourth-order valence-electron chi connectivity index (χ4n) is 2.41. The zero-order chi connectivity index (χ0) is 9.52. The molecule has 1 fully saturated rings. The van der Waals surface area contributed by atoms with Crippen molar-refractivity contribution in [2.75, 3.05) is 13.2 Å². The van der Waals surface area contributed by atoms with Gasteiger partial charge in [0, 0.05) is 6.61 Å². The van der Waals surface area contributed by atoms with Crippen LogP contribution >= 0.6 is 0 Å². The number of hydrogen-bond acceptors (Lipinski definition) is 2. The highest BCUT2D eigenvalue weighted by Gasteiger charge is 2.17. The molecule has 3 N–H and O–H groups in total. The maximum atomic E-state index is 8.84. The van der Waals surface area contributed by atoms with Gasteiger partial charge in [0.15, 0.2) is 0 Å². The van der Waals surface area contributed by atoms with E-state index in [0.717, 1.165) is 18.9 Å². The maximum Gasteiger partial charge on any atom is 0.0434 e. The first kappa shape index (κ1) is 11.0. The van der Waals surface area contributed by atoms with Crippen molar-refractivity contribution in [2.45, 2.75) is 44.9 Å². The van der Waals surface area contributed by atoms with E-state index in [1.54, 1.807) is 0 Å². The van der Waals surface area contributed by atoms with Crippen LogP contribution in [0, 0.1) is 11.8 Å². The summed E-state index contributed by atoms with van der Waals surface area (Å²) < 4.78 is 0. The van der Waals surface area contributed by atoms with Crippen molar-refractivity contribution in [3.05, 3.63) is 0 Å². The van der Waals surface area contributed by atoms with Crippen LogP contribution in [0.5, 0.6) is 0 Å². The Kier molecular flexibility index (Phi) is 5.40. The first-order valence-corrected chi connectivity index (χ1v) is 5.67. The molecule has 0 heterocycles. The van der Waals surface area contributed by atoms with Gasteiger partial charge in [0.1, 0.15) is 0 Å². The summed E-state index contributed by atoms with van der Waals surface area (Å²) in [7, 11) is 0. The van der Waals surface area contributed by atoms with E-state index >= 15 is 0 Å². The van der Waals surface area contributed by atoms with Crippen molar-refractivity contribution >= 4 is 0 Å². The third-order valence-corrected chi connectivity index (χ3v) is 3.26. The van der Waals surface area contributed by atoms with Gasteiger partial charge >= 0.3 is 0 Å². The molecule has 1 rings (SSSR count). The van der Waals surface area contributed by atoms with Crippen molar-refractivity contribution in [3.8, 4) is 0 Å². The van der Waals surface area contributed by atoms with E-state index in [1.165, 1.54) is 38.5 Å². The van der Waals surface area contributed by atoms with Crippen LogP contribution in [0.2, 0.25) is 0 Å². The van der Waals surface area contributed by atoms with Crippen LogP contribution in [0.1, 0.15) is 44.9 Å². The van der Waals surface area contributed by atoms with Gasteiger partial charge in [-0.1, -0.05) is 32.1 Å². The molecule has 1 unspecified atom stereocenters. The highest BCUT2D eigenvalue weighted by atomic mass is 16.3. The lowest BCUT2D eigenvalue weighted by atomic mass is 9.82. The van der Waals surface area contributed by atoms with Gasteiger partial charge < -0.3 is 10.8 Å². The van der Waals surface area contributed by atoms with Crippen LogP contribution < -0.4 is 5.73 Å². The van der Waals surface area contributed by atoms with Gasteiger partial charge in [-0.05, 0) is 31.2 Å². The molecule has 78 valence electrons. The molecule has 1 aliphatic carbocycles. The quantitative estimate of drug-likeness (QED) is 0.687. The average molecular weight is 185 g/mol. The van der Waals surface area contributed by atoms with Gasteiger partial charge in [0.2, 0.25) is 0 Å². The van der Waals surface area contributed by atoms with Crippen LogP contribution in [0.4, 0.5) is 0 Å². The number of aliphatic hydroxyl groups excluding tert-OH is 1. The van der Waals surface area contributed by atoms with Gasteiger partial charge in [-0.15, -0.1) is 0 Å². The molecule has 0 bridgehead atoms. The Morgan fingerprint density at radius 1 is 1.23 bits per heavy atom. The SMILES string of the molecule is NCC(CCO)CC1CCCCC1. The first-order chi connectivity index (χ1) is 6.36.